The first-order valence-electron chi connectivity index (χ1n) is 3.44. The van der Waals surface area contributed by atoms with Gasteiger partial charge in [0, 0.05) is 6.20 Å². The molecule has 0 aliphatic heterocycles. The second-order valence-corrected chi connectivity index (χ2v) is 3.47. The molecule has 60 valence electrons. The van der Waals surface area contributed by atoms with Crippen molar-refractivity contribution in [2.75, 3.05) is 5.75 Å². The van der Waals surface area contributed by atoms with Gasteiger partial charge in [0.25, 0.3) is 0 Å². The van der Waals surface area contributed by atoms with Crippen LogP contribution in [-0.2, 0) is 0 Å². The lowest BCUT2D eigenvalue weighted by atomic mass is 10.6. The zero-order valence-electron chi connectivity index (χ0n) is 6.25. The maximum Gasteiger partial charge on any atom is 0.223 e. The van der Waals surface area contributed by atoms with Crippen LogP contribution in [0.3, 0.4) is 0 Å². The Morgan fingerprint density at radius 3 is 3.09 bits per heavy atom. The van der Waals surface area contributed by atoms with Crippen LogP contribution in [0.1, 0.15) is 13.3 Å². The number of aromatic nitrogens is 2. The molecule has 0 aliphatic carbocycles. The van der Waals surface area contributed by atoms with E-state index < -0.39 is 0 Å². The second-order valence-electron chi connectivity index (χ2n) is 2.01. The summed E-state index contributed by atoms with van der Waals surface area (Å²) in [6, 6.07) is 1.87. The summed E-state index contributed by atoms with van der Waals surface area (Å²) in [5.41, 5.74) is 0. The van der Waals surface area contributed by atoms with Crippen LogP contribution in [0, 0.1) is 0 Å². The van der Waals surface area contributed by atoms with E-state index in [2.05, 4.69) is 16.9 Å². The minimum Gasteiger partial charge on any atom is -0.226 e. The highest BCUT2D eigenvalue weighted by Gasteiger charge is 1.95. The Morgan fingerprint density at radius 2 is 2.45 bits per heavy atom. The number of rotatable bonds is 3. The van der Waals surface area contributed by atoms with Crippen molar-refractivity contribution in [2.24, 2.45) is 0 Å². The Hall–Kier alpha value is -0.280. The topological polar surface area (TPSA) is 25.8 Å². The molecule has 0 radical (unpaired) electrons. The number of thioether (sulfide) groups is 1. The maximum atomic E-state index is 5.59. The van der Waals surface area contributed by atoms with E-state index in [1.807, 2.05) is 6.07 Å². The highest BCUT2D eigenvalue weighted by atomic mass is 35.5. The molecule has 0 saturated heterocycles. The van der Waals surface area contributed by atoms with E-state index in [1.165, 1.54) is 0 Å². The Kier molecular flexibility index (Phi) is 3.66. The number of hydrogen-bond acceptors (Lipinski definition) is 3. The van der Waals surface area contributed by atoms with Gasteiger partial charge in [-0.1, -0.05) is 6.92 Å². The van der Waals surface area contributed by atoms with Crippen molar-refractivity contribution >= 4 is 23.4 Å². The third-order valence-corrected chi connectivity index (χ3v) is 2.37. The molecule has 0 bridgehead atoms. The largest absolute Gasteiger partial charge is 0.226 e. The summed E-state index contributed by atoms with van der Waals surface area (Å²) in [5.74, 6) is 1.08. The van der Waals surface area contributed by atoms with Gasteiger partial charge in [0.1, 0.15) is 5.03 Å². The smallest absolute Gasteiger partial charge is 0.223 e. The summed E-state index contributed by atoms with van der Waals surface area (Å²) >= 11 is 7.29. The van der Waals surface area contributed by atoms with E-state index in [0.717, 1.165) is 17.2 Å². The Balaban J connectivity index is 2.56. The molecule has 0 N–H and O–H groups in total. The van der Waals surface area contributed by atoms with Crippen molar-refractivity contribution in [3.8, 4) is 0 Å². The summed E-state index contributed by atoms with van der Waals surface area (Å²) < 4.78 is 0. The first-order chi connectivity index (χ1) is 5.33. The van der Waals surface area contributed by atoms with Gasteiger partial charge in [0.05, 0.1) is 0 Å². The zero-order chi connectivity index (χ0) is 8.10. The summed E-state index contributed by atoms with van der Waals surface area (Å²) in [5, 5.41) is 1.28. The molecule has 11 heavy (non-hydrogen) atoms. The van der Waals surface area contributed by atoms with Crippen molar-refractivity contribution < 1.29 is 0 Å². The average molecular weight is 189 g/mol. The molecule has 0 spiro atoms. The van der Waals surface area contributed by atoms with E-state index in [9.17, 15) is 0 Å². The maximum absolute atomic E-state index is 5.59. The summed E-state index contributed by atoms with van der Waals surface area (Å²) in [6.45, 7) is 2.13. The van der Waals surface area contributed by atoms with Gasteiger partial charge in [-0.2, -0.15) is 0 Å². The molecule has 1 aromatic rings. The van der Waals surface area contributed by atoms with Crippen LogP contribution in [0.5, 0.6) is 0 Å². The van der Waals surface area contributed by atoms with E-state index in [4.69, 9.17) is 11.6 Å². The molecule has 1 heterocycles. The molecule has 2 nitrogen and oxygen atoms in total. The fourth-order valence-electron chi connectivity index (χ4n) is 0.607. The highest BCUT2D eigenvalue weighted by Crippen LogP contribution is 2.16. The molecule has 0 unspecified atom stereocenters. The van der Waals surface area contributed by atoms with Gasteiger partial charge in [-0.05, 0) is 29.8 Å². The fraction of sp³-hybridized carbons (Fsp3) is 0.429. The summed E-state index contributed by atoms with van der Waals surface area (Å²) in [7, 11) is 0. The minimum absolute atomic E-state index is 0.325. The normalized spacial score (nSPS) is 10.0. The van der Waals surface area contributed by atoms with Crippen molar-refractivity contribution in [1.29, 1.82) is 0 Å². The average Bonchev–Trinajstić information content (AvgIpc) is 2.01. The van der Waals surface area contributed by atoms with Crippen LogP contribution in [0.4, 0.5) is 0 Å². The molecular formula is C7H9ClN2S. The van der Waals surface area contributed by atoms with Gasteiger partial charge >= 0.3 is 0 Å². The van der Waals surface area contributed by atoms with Gasteiger partial charge < -0.3 is 0 Å². The van der Waals surface area contributed by atoms with Crippen molar-refractivity contribution in [3.63, 3.8) is 0 Å². The van der Waals surface area contributed by atoms with E-state index in [-0.39, 0.29) is 0 Å². The van der Waals surface area contributed by atoms with Crippen LogP contribution in [0.25, 0.3) is 0 Å². The zero-order valence-corrected chi connectivity index (χ0v) is 7.82. The second kappa shape index (κ2) is 4.57. The standard InChI is InChI=1S/C7H9ClN2S/c1-2-5-11-6-3-4-9-7(8)10-6/h3-4H,2,5H2,1H3. The molecular weight excluding hydrogens is 180 g/mol. The number of nitrogens with zero attached hydrogens (tertiary/aromatic N) is 2. The first kappa shape index (κ1) is 8.81. The van der Waals surface area contributed by atoms with Crippen LogP contribution >= 0.6 is 23.4 Å². The minimum atomic E-state index is 0.325. The molecule has 0 saturated carbocycles. The van der Waals surface area contributed by atoms with Crippen LogP contribution in [0.2, 0.25) is 5.28 Å². The highest BCUT2D eigenvalue weighted by molar-refractivity contribution is 7.99. The van der Waals surface area contributed by atoms with E-state index >= 15 is 0 Å². The summed E-state index contributed by atoms with van der Waals surface area (Å²) in [6.07, 6.45) is 2.82. The van der Waals surface area contributed by atoms with Gasteiger partial charge in [-0.25, -0.2) is 9.97 Å². The summed E-state index contributed by atoms with van der Waals surface area (Å²) in [4.78, 5) is 7.82. The molecule has 0 fully saturated rings. The quantitative estimate of drug-likeness (QED) is 0.414. The van der Waals surface area contributed by atoms with Crippen molar-refractivity contribution in [3.05, 3.63) is 17.5 Å². The number of halogens is 1. The molecule has 0 amide bonds. The Morgan fingerprint density at radius 1 is 1.64 bits per heavy atom. The lowest BCUT2D eigenvalue weighted by Crippen LogP contribution is -1.84. The monoisotopic (exact) mass is 188 g/mol. The molecule has 1 rings (SSSR count). The van der Waals surface area contributed by atoms with Gasteiger partial charge in [0.2, 0.25) is 5.28 Å². The van der Waals surface area contributed by atoms with Crippen LogP contribution in [0.15, 0.2) is 17.3 Å². The van der Waals surface area contributed by atoms with Gasteiger partial charge in [-0.3, -0.25) is 0 Å². The third kappa shape index (κ3) is 3.08. The van der Waals surface area contributed by atoms with Gasteiger partial charge in [0.15, 0.2) is 0 Å². The SMILES string of the molecule is CCCSc1ccnc(Cl)n1. The molecule has 0 aliphatic rings. The van der Waals surface area contributed by atoms with Crippen LogP contribution < -0.4 is 0 Å². The molecule has 0 aromatic carbocycles. The molecule has 4 heteroatoms. The fourth-order valence-corrected chi connectivity index (χ4v) is 1.53. The molecule has 0 atom stereocenters. The first-order valence-corrected chi connectivity index (χ1v) is 4.80. The molecule has 1 aromatic heterocycles. The van der Waals surface area contributed by atoms with E-state index in [1.54, 1.807) is 18.0 Å². The lowest BCUT2D eigenvalue weighted by Gasteiger charge is -1.96. The Bertz CT molecular complexity index is 229. The third-order valence-electron chi connectivity index (χ3n) is 1.05. The lowest BCUT2D eigenvalue weighted by molar-refractivity contribution is 1.04. The predicted molar refractivity (Wildman–Crippen MR) is 48.1 cm³/mol. The van der Waals surface area contributed by atoms with Crippen molar-refractivity contribution in [2.45, 2.75) is 18.4 Å². The van der Waals surface area contributed by atoms with Crippen molar-refractivity contribution in [1.82, 2.24) is 9.97 Å². The van der Waals surface area contributed by atoms with Crippen LogP contribution in [-0.4, -0.2) is 15.7 Å². The predicted octanol–water partition coefficient (Wildman–Crippen LogP) is 2.63. The van der Waals surface area contributed by atoms with Gasteiger partial charge in [-0.15, -0.1) is 11.8 Å². The van der Waals surface area contributed by atoms with E-state index in [0.29, 0.717) is 5.28 Å². The Labute approximate surface area is 75.4 Å². The number of hydrogen-bond donors (Lipinski definition) is 0.